The van der Waals surface area contributed by atoms with Crippen molar-refractivity contribution in [3.63, 3.8) is 0 Å². The van der Waals surface area contributed by atoms with Crippen molar-refractivity contribution in [1.82, 2.24) is 19.8 Å². The van der Waals surface area contributed by atoms with Gasteiger partial charge in [-0.15, -0.1) is 0 Å². The number of hydrogen-bond donors (Lipinski definition) is 1. The summed E-state index contributed by atoms with van der Waals surface area (Å²) < 4.78 is 0. The highest BCUT2D eigenvalue weighted by Crippen LogP contribution is 2.16. The number of carbonyl (C=O) groups excluding carboxylic acids is 2. The Labute approximate surface area is 132 Å². The van der Waals surface area contributed by atoms with Gasteiger partial charge in [-0.3, -0.25) is 9.59 Å². The lowest BCUT2D eigenvalue weighted by molar-refractivity contribution is -0.119. The van der Waals surface area contributed by atoms with E-state index >= 15 is 0 Å². The fraction of sp³-hybridized carbons (Fsp3) is 0.250. The van der Waals surface area contributed by atoms with E-state index in [1.54, 1.807) is 15.9 Å². The van der Waals surface area contributed by atoms with Gasteiger partial charge < -0.3 is 14.8 Å². The van der Waals surface area contributed by atoms with Crippen LogP contribution < -0.4 is 5.69 Å². The normalized spacial score (nSPS) is 14.6. The predicted molar refractivity (Wildman–Crippen MR) is 83.8 cm³/mol. The van der Waals surface area contributed by atoms with Crippen LogP contribution in [0.15, 0.2) is 41.2 Å². The van der Waals surface area contributed by atoms with Gasteiger partial charge in [-0.05, 0) is 6.07 Å². The number of amides is 2. The molecule has 1 aromatic carbocycles. The van der Waals surface area contributed by atoms with Crippen molar-refractivity contribution in [2.45, 2.75) is 0 Å². The molecule has 1 aliphatic rings. The average molecular weight is 312 g/mol. The molecule has 0 spiro atoms. The molecule has 7 heteroatoms. The van der Waals surface area contributed by atoms with Crippen molar-refractivity contribution in [3.05, 3.63) is 52.6 Å². The molecule has 1 aromatic heterocycles. The molecule has 0 bridgehead atoms. The summed E-state index contributed by atoms with van der Waals surface area (Å²) in [6.07, 6.45) is 0.781. The molecule has 0 atom stereocenters. The third-order valence-corrected chi connectivity index (χ3v) is 3.80. The zero-order valence-corrected chi connectivity index (χ0v) is 12.4. The fourth-order valence-electron chi connectivity index (χ4n) is 2.53. The molecular formula is C16H16N4O3. The number of piperazine rings is 1. The van der Waals surface area contributed by atoms with Crippen molar-refractivity contribution in [1.29, 1.82) is 0 Å². The lowest BCUT2D eigenvalue weighted by Crippen LogP contribution is -2.48. The van der Waals surface area contributed by atoms with Gasteiger partial charge in [-0.2, -0.15) is 4.98 Å². The van der Waals surface area contributed by atoms with Crippen molar-refractivity contribution in [2.75, 3.05) is 26.2 Å². The summed E-state index contributed by atoms with van der Waals surface area (Å²) in [4.78, 5) is 44.7. The molecule has 1 N–H and O–H groups in total. The number of aromatic nitrogens is 2. The number of nitrogens with one attached hydrogen (secondary N) is 1. The molecule has 2 aromatic rings. The van der Waals surface area contributed by atoms with Crippen molar-refractivity contribution in [2.24, 2.45) is 0 Å². The summed E-state index contributed by atoms with van der Waals surface area (Å²) in [6, 6.07) is 10.8. The molecule has 0 saturated carbocycles. The first-order valence-electron chi connectivity index (χ1n) is 7.33. The van der Waals surface area contributed by atoms with Gasteiger partial charge >= 0.3 is 5.69 Å². The molecule has 0 aliphatic carbocycles. The van der Waals surface area contributed by atoms with Crippen LogP contribution in [0.4, 0.5) is 0 Å². The van der Waals surface area contributed by atoms with Crippen LogP contribution in [0.5, 0.6) is 0 Å². The summed E-state index contributed by atoms with van der Waals surface area (Å²) in [5, 5.41) is 0. The van der Waals surface area contributed by atoms with Crippen LogP contribution in [0, 0.1) is 0 Å². The topological polar surface area (TPSA) is 86.4 Å². The van der Waals surface area contributed by atoms with Gasteiger partial charge in [0.05, 0.1) is 5.69 Å². The van der Waals surface area contributed by atoms with E-state index in [4.69, 9.17) is 0 Å². The first-order chi connectivity index (χ1) is 11.2. The molecule has 1 aliphatic heterocycles. The summed E-state index contributed by atoms with van der Waals surface area (Å²) in [5.41, 5.74) is 0.896. The summed E-state index contributed by atoms with van der Waals surface area (Å²) in [7, 11) is 0. The van der Waals surface area contributed by atoms with E-state index in [0.717, 1.165) is 12.0 Å². The zero-order valence-electron chi connectivity index (χ0n) is 12.4. The highest BCUT2D eigenvalue weighted by Gasteiger charge is 2.22. The van der Waals surface area contributed by atoms with Crippen LogP contribution in [0.25, 0.3) is 11.3 Å². The van der Waals surface area contributed by atoms with Gasteiger partial charge in [-0.25, -0.2) is 4.79 Å². The van der Waals surface area contributed by atoms with Crippen LogP contribution >= 0.6 is 0 Å². The number of aromatic amines is 1. The molecule has 0 unspecified atom stereocenters. The maximum absolute atomic E-state index is 12.6. The molecule has 3 rings (SSSR count). The SMILES string of the molecule is O=CN1CCN(C(=O)c2cc(-c3ccccc3)nc(=O)[nH]2)CC1. The third kappa shape index (κ3) is 3.28. The van der Waals surface area contributed by atoms with E-state index in [9.17, 15) is 14.4 Å². The van der Waals surface area contributed by atoms with Crippen LogP contribution in [-0.2, 0) is 4.79 Å². The molecule has 23 heavy (non-hydrogen) atoms. The quantitative estimate of drug-likeness (QED) is 0.829. The Morgan fingerprint density at radius 3 is 2.48 bits per heavy atom. The Hall–Kier alpha value is -2.96. The second-order valence-electron chi connectivity index (χ2n) is 5.28. The van der Waals surface area contributed by atoms with E-state index in [2.05, 4.69) is 9.97 Å². The van der Waals surface area contributed by atoms with E-state index in [1.807, 2.05) is 30.3 Å². The molecule has 2 heterocycles. The number of H-pyrrole nitrogens is 1. The Bertz CT molecular complexity index is 764. The average Bonchev–Trinajstić information content (AvgIpc) is 2.61. The van der Waals surface area contributed by atoms with Crippen LogP contribution in [-0.4, -0.2) is 58.3 Å². The maximum Gasteiger partial charge on any atom is 0.346 e. The number of rotatable bonds is 3. The summed E-state index contributed by atoms with van der Waals surface area (Å²) in [6.45, 7) is 1.89. The van der Waals surface area contributed by atoms with Gasteiger partial charge in [0.1, 0.15) is 5.69 Å². The molecular weight excluding hydrogens is 296 g/mol. The summed E-state index contributed by atoms with van der Waals surface area (Å²) in [5.74, 6) is -0.257. The molecule has 1 fully saturated rings. The standard InChI is InChI=1S/C16H16N4O3/c21-11-19-6-8-20(9-7-19)15(22)14-10-13(17-16(23)18-14)12-4-2-1-3-5-12/h1-5,10-11H,6-9H2,(H,17,18,23). The largest absolute Gasteiger partial charge is 0.346 e. The Balaban J connectivity index is 1.85. The fourth-order valence-corrected chi connectivity index (χ4v) is 2.53. The Morgan fingerprint density at radius 2 is 1.83 bits per heavy atom. The van der Waals surface area contributed by atoms with Crippen molar-refractivity contribution < 1.29 is 9.59 Å². The van der Waals surface area contributed by atoms with Gasteiger partial charge in [0.25, 0.3) is 5.91 Å². The maximum atomic E-state index is 12.6. The second-order valence-corrected chi connectivity index (χ2v) is 5.28. The van der Waals surface area contributed by atoms with E-state index in [-0.39, 0.29) is 11.6 Å². The van der Waals surface area contributed by atoms with Crippen LogP contribution in [0.1, 0.15) is 10.5 Å². The van der Waals surface area contributed by atoms with Gasteiger partial charge in [0, 0.05) is 31.7 Å². The second kappa shape index (κ2) is 6.43. The number of nitrogens with zero attached hydrogens (tertiary/aromatic N) is 3. The van der Waals surface area contributed by atoms with Gasteiger partial charge in [0.2, 0.25) is 6.41 Å². The Morgan fingerprint density at radius 1 is 1.13 bits per heavy atom. The monoisotopic (exact) mass is 312 g/mol. The zero-order chi connectivity index (χ0) is 16.2. The van der Waals surface area contributed by atoms with Gasteiger partial charge in [-0.1, -0.05) is 30.3 Å². The number of hydrogen-bond acceptors (Lipinski definition) is 4. The van der Waals surface area contributed by atoms with Crippen molar-refractivity contribution >= 4 is 12.3 Å². The highest BCUT2D eigenvalue weighted by atomic mass is 16.2. The smallest absolute Gasteiger partial charge is 0.342 e. The minimum Gasteiger partial charge on any atom is -0.342 e. The first kappa shape index (κ1) is 15.0. The highest BCUT2D eigenvalue weighted by molar-refractivity contribution is 5.93. The predicted octanol–water partition coefficient (Wildman–Crippen LogP) is 0.351. The van der Waals surface area contributed by atoms with Gasteiger partial charge in [0.15, 0.2) is 0 Å². The van der Waals surface area contributed by atoms with E-state index in [0.29, 0.717) is 31.9 Å². The lowest BCUT2D eigenvalue weighted by atomic mass is 10.1. The van der Waals surface area contributed by atoms with Crippen LogP contribution in [0.2, 0.25) is 0 Å². The van der Waals surface area contributed by atoms with E-state index < -0.39 is 5.69 Å². The lowest BCUT2D eigenvalue weighted by Gasteiger charge is -2.32. The molecule has 118 valence electrons. The van der Waals surface area contributed by atoms with E-state index in [1.165, 1.54) is 0 Å². The minimum absolute atomic E-state index is 0.211. The van der Waals surface area contributed by atoms with Crippen molar-refractivity contribution in [3.8, 4) is 11.3 Å². The third-order valence-electron chi connectivity index (χ3n) is 3.80. The molecule has 7 nitrogen and oxygen atoms in total. The Kier molecular flexibility index (Phi) is 4.18. The molecule has 1 saturated heterocycles. The number of benzene rings is 1. The summed E-state index contributed by atoms with van der Waals surface area (Å²) >= 11 is 0. The molecule has 0 radical (unpaired) electrons. The minimum atomic E-state index is -0.554. The number of carbonyl (C=O) groups is 2. The van der Waals surface area contributed by atoms with Crippen LogP contribution in [0.3, 0.4) is 0 Å². The molecule has 2 amide bonds. The first-order valence-corrected chi connectivity index (χ1v) is 7.33.